The number of carbonyl (C=O) groups is 1. The van der Waals surface area contributed by atoms with Crippen LogP contribution in [-0.2, 0) is 0 Å². The lowest BCUT2D eigenvalue weighted by Gasteiger charge is -2.32. The van der Waals surface area contributed by atoms with Crippen molar-refractivity contribution in [1.29, 1.82) is 0 Å². The first-order valence-corrected chi connectivity index (χ1v) is 7.69. The largest absolute Gasteiger partial charge is 0.337 e. The summed E-state index contributed by atoms with van der Waals surface area (Å²) in [6.45, 7) is 2.54. The summed E-state index contributed by atoms with van der Waals surface area (Å²) in [5, 5.41) is 11.7. The Bertz CT molecular complexity index is 628. The van der Waals surface area contributed by atoms with Gasteiger partial charge in [-0.25, -0.2) is 0 Å². The van der Waals surface area contributed by atoms with Gasteiger partial charge >= 0.3 is 0 Å². The second-order valence-electron chi connectivity index (χ2n) is 5.67. The monoisotopic (exact) mass is 335 g/mol. The quantitative estimate of drug-likeness (QED) is 0.924. The van der Waals surface area contributed by atoms with E-state index in [1.165, 1.54) is 11.2 Å². The van der Waals surface area contributed by atoms with E-state index in [9.17, 15) is 4.79 Å². The van der Waals surface area contributed by atoms with E-state index >= 15 is 0 Å². The minimum atomic E-state index is -0.0250. The van der Waals surface area contributed by atoms with E-state index < -0.39 is 0 Å². The van der Waals surface area contributed by atoms with E-state index in [-0.39, 0.29) is 18.3 Å². The number of piperidine rings is 1. The summed E-state index contributed by atoms with van der Waals surface area (Å²) in [6.07, 6.45) is 3.77. The number of likely N-dealkylation sites (tertiary alicyclic amines) is 1. The maximum atomic E-state index is 12.6. The Morgan fingerprint density at radius 2 is 2.13 bits per heavy atom. The molecule has 0 bridgehead atoms. The number of rotatable bonds is 4. The molecule has 2 aromatic rings. The minimum Gasteiger partial charge on any atom is -0.337 e. The summed E-state index contributed by atoms with van der Waals surface area (Å²) in [5.41, 5.74) is 1.27. The van der Waals surface area contributed by atoms with Crippen LogP contribution in [0.25, 0.3) is 5.69 Å². The highest BCUT2D eigenvalue weighted by atomic mass is 35.5. The molecule has 1 fully saturated rings. The highest BCUT2D eigenvalue weighted by molar-refractivity contribution is 5.92. The van der Waals surface area contributed by atoms with Crippen molar-refractivity contribution in [2.45, 2.75) is 12.8 Å². The Morgan fingerprint density at radius 1 is 1.35 bits per heavy atom. The Morgan fingerprint density at radius 3 is 2.87 bits per heavy atom. The summed E-state index contributed by atoms with van der Waals surface area (Å²) < 4.78 is 0. The molecule has 23 heavy (non-hydrogen) atoms. The minimum absolute atomic E-state index is 0. The van der Waals surface area contributed by atoms with Gasteiger partial charge in [0.25, 0.3) is 5.91 Å². The van der Waals surface area contributed by atoms with Crippen molar-refractivity contribution in [2.24, 2.45) is 5.92 Å². The molecule has 2 heterocycles. The lowest BCUT2D eigenvalue weighted by Crippen LogP contribution is -2.42. The molecule has 0 aliphatic carbocycles. The van der Waals surface area contributed by atoms with E-state index in [0.29, 0.717) is 11.6 Å². The molecule has 1 amide bonds. The Labute approximate surface area is 142 Å². The van der Waals surface area contributed by atoms with Crippen molar-refractivity contribution in [3.63, 3.8) is 0 Å². The van der Waals surface area contributed by atoms with Gasteiger partial charge in [0.1, 0.15) is 0 Å². The molecule has 1 saturated heterocycles. The van der Waals surface area contributed by atoms with Crippen molar-refractivity contribution in [1.82, 2.24) is 25.2 Å². The fourth-order valence-electron chi connectivity index (χ4n) is 2.91. The number of nitrogens with zero attached hydrogens (tertiary/aromatic N) is 4. The zero-order valence-electron chi connectivity index (χ0n) is 13.2. The molecule has 3 rings (SSSR count). The van der Waals surface area contributed by atoms with E-state index in [0.717, 1.165) is 31.7 Å². The van der Waals surface area contributed by atoms with Gasteiger partial charge < -0.3 is 10.2 Å². The van der Waals surface area contributed by atoms with Gasteiger partial charge in [0.15, 0.2) is 5.69 Å². The number of carbonyl (C=O) groups excluding carboxylic acids is 1. The van der Waals surface area contributed by atoms with Gasteiger partial charge in [-0.3, -0.25) is 4.79 Å². The molecule has 0 saturated carbocycles. The average Bonchev–Trinajstić information content (AvgIpc) is 3.05. The molecule has 6 nitrogen and oxygen atoms in total. The van der Waals surface area contributed by atoms with Gasteiger partial charge in [-0.1, -0.05) is 18.2 Å². The maximum absolute atomic E-state index is 12.6. The molecule has 1 N–H and O–H groups in total. The van der Waals surface area contributed by atoms with Gasteiger partial charge in [0.05, 0.1) is 11.9 Å². The van der Waals surface area contributed by atoms with Gasteiger partial charge in [-0.15, -0.1) is 17.5 Å². The van der Waals surface area contributed by atoms with Gasteiger partial charge in [0.2, 0.25) is 0 Å². The van der Waals surface area contributed by atoms with Crippen LogP contribution in [-0.4, -0.2) is 52.5 Å². The molecule has 1 aliphatic heterocycles. The number of halogens is 1. The zero-order chi connectivity index (χ0) is 15.4. The number of hydrogen-bond donors (Lipinski definition) is 1. The van der Waals surface area contributed by atoms with Crippen LogP contribution in [0, 0.1) is 5.92 Å². The van der Waals surface area contributed by atoms with Crippen molar-refractivity contribution in [3.8, 4) is 5.69 Å². The summed E-state index contributed by atoms with van der Waals surface area (Å²) >= 11 is 0. The highest BCUT2D eigenvalue weighted by Gasteiger charge is 2.25. The van der Waals surface area contributed by atoms with Crippen LogP contribution in [0.3, 0.4) is 0 Å². The molecule has 124 valence electrons. The lowest BCUT2D eigenvalue weighted by molar-refractivity contribution is 0.0668. The lowest BCUT2D eigenvalue weighted by atomic mass is 9.98. The van der Waals surface area contributed by atoms with Crippen molar-refractivity contribution < 1.29 is 4.79 Å². The fraction of sp³-hybridized carbons (Fsp3) is 0.438. The number of nitrogens with one attached hydrogen (secondary N) is 1. The summed E-state index contributed by atoms with van der Waals surface area (Å²) in [4.78, 5) is 16.0. The third-order valence-corrected chi connectivity index (χ3v) is 4.00. The summed E-state index contributed by atoms with van der Waals surface area (Å²) in [6, 6.07) is 9.62. The van der Waals surface area contributed by atoms with Gasteiger partial charge in [-0.05, 0) is 44.5 Å². The number of aromatic nitrogens is 3. The maximum Gasteiger partial charge on any atom is 0.276 e. The van der Waals surface area contributed by atoms with Crippen molar-refractivity contribution in [3.05, 3.63) is 42.2 Å². The number of amides is 1. The smallest absolute Gasteiger partial charge is 0.276 e. The Balaban J connectivity index is 0.00000192. The van der Waals surface area contributed by atoms with E-state index in [2.05, 4.69) is 15.5 Å². The first-order valence-electron chi connectivity index (χ1n) is 7.69. The zero-order valence-corrected chi connectivity index (χ0v) is 14.0. The first kappa shape index (κ1) is 17.4. The number of benzene rings is 1. The van der Waals surface area contributed by atoms with Gasteiger partial charge in [0, 0.05) is 13.1 Å². The van der Waals surface area contributed by atoms with E-state index in [1.807, 2.05) is 42.3 Å². The van der Waals surface area contributed by atoms with Crippen molar-refractivity contribution >= 4 is 18.3 Å². The fourth-order valence-corrected chi connectivity index (χ4v) is 2.91. The molecular formula is C16H22ClN5O. The summed E-state index contributed by atoms with van der Waals surface area (Å²) in [5.74, 6) is 0.495. The van der Waals surface area contributed by atoms with Gasteiger partial charge in [-0.2, -0.15) is 9.90 Å². The molecular weight excluding hydrogens is 314 g/mol. The topological polar surface area (TPSA) is 63.1 Å². The van der Waals surface area contributed by atoms with Crippen molar-refractivity contribution in [2.75, 3.05) is 26.7 Å². The molecule has 0 radical (unpaired) electrons. The number of para-hydroxylation sites is 1. The summed E-state index contributed by atoms with van der Waals surface area (Å²) in [7, 11) is 1.95. The average molecular weight is 336 g/mol. The van der Waals surface area contributed by atoms with Crippen LogP contribution in [0.5, 0.6) is 0 Å². The molecule has 0 spiro atoms. The molecule has 1 unspecified atom stereocenters. The molecule has 1 aromatic carbocycles. The highest BCUT2D eigenvalue weighted by Crippen LogP contribution is 2.17. The third-order valence-electron chi connectivity index (χ3n) is 4.00. The van der Waals surface area contributed by atoms with E-state index in [1.54, 1.807) is 6.20 Å². The molecule has 1 aromatic heterocycles. The molecule has 1 atom stereocenters. The number of hydrogen-bond acceptors (Lipinski definition) is 4. The first-order chi connectivity index (χ1) is 10.8. The standard InChI is InChI=1S/C16H21N5O.ClH/c1-17-10-13-6-5-9-20(12-13)16(22)15-11-18-21(19-15)14-7-3-2-4-8-14;/h2-4,7-8,11,13,17H,5-6,9-10,12H2,1H3;1H. The predicted molar refractivity (Wildman–Crippen MR) is 91.2 cm³/mol. The molecule has 7 heteroatoms. The van der Waals surface area contributed by atoms with Crippen LogP contribution in [0.2, 0.25) is 0 Å². The predicted octanol–water partition coefficient (Wildman–Crippen LogP) is 1.76. The van der Waals surface area contributed by atoms with Crippen LogP contribution in [0.1, 0.15) is 23.3 Å². The van der Waals surface area contributed by atoms with Crippen LogP contribution >= 0.6 is 12.4 Å². The van der Waals surface area contributed by atoms with E-state index in [4.69, 9.17) is 0 Å². The Hall–Kier alpha value is -1.92. The Kier molecular flexibility index (Phi) is 6.12. The second kappa shape index (κ2) is 8.08. The second-order valence-corrected chi connectivity index (χ2v) is 5.67. The van der Waals surface area contributed by atoms with Crippen LogP contribution in [0.15, 0.2) is 36.5 Å². The normalized spacial score (nSPS) is 17.6. The SMILES string of the molecule is CNCC1CCCN(C(=O)c2cnn(-c3ccccc3)n2)C1.Cl. The third kappa shape index (κ3) is 4.09. The molecule has 1 aliphatic rings. The van der Waals surface area contributed by atoms with Crippen LogP contribution in [0.4, 0.5) is 0 Å². The van der Waals surface area contributed by atoms with Crippen LogP contribution < -0.4 is 5.32 Å².